The van der Waals surface area contributed by atoms with Crippen LogP contribution in [0, 0.1) is 12.7 Å². The lowest BCUT2D eigenvalue weighted by Crippen LogP contribution is -2.24. The van der Waals surface area contributed by atoms with Gasteiger partial charge < -0.3 is 10.1 Å². The Hall–Kier alpha value is -3.38. The standard InChI is InChI=1S/C22H17ClFN3O2/c1-14-21(27-11-10-16(23)12-20(27)26-14)22(28)25-13-15-2-6-18(7-3-15)29-19-8-4-17(24)5-9-19/h2-12H,13H2,1H3,(H,25,28). The number of fused-ring (bicyclic) bond motifs is 1. The molecule has 0 unspecified atom stereocenters. The minimum absolute atomic E-state index is 0.219. The maximum absolute atomic E-state index is 13.0. The van der Waals surface area contributed by atoms with Crippen molar-refractivity contribution in [3.63, 3.8) is 0 Å². The summed E-state index contributed by atoms with van der Waals surface area (Å²) in [6.45, 7) is 2.15. The predicted octanol–water partition coefficient (Wildman–Crippen LogP) is 5.16. The fourth-order valence-corrected chi connectivity index (χ4v) is 3.15. The van der Waals surface area contributed by atoms with Gasteiger partial charge >= 0.3 is 0 Å². The van der Waals surface area contributed by atoms with Gasteiger partial charge in [0.25, 0.3) is 5.91 Å². The molecule has 5 nitrogen and oxygen atoms in total. The molecule has 1 N–H and O–H groups in total. The van der Waals surface area contributed by atoms with Gasteiger partial charge in [-0.1, -0.05) is 23.7 Å². The Morgan fingerprint density at radius 1 is 1.10 bits per heavy atom. The van der Waals surface area contributed by atoms with Crippen molar-refractivity contribution in [3.8, 4) is 11.5 Å². The fourth-order valence-electron chi connectivity index (χ4n) is 2.99. The molecule has 4 aromatic rings. The van der Waals surface area contributed by atoms with Crippen LogP contribution in [0.15, 0.2) is 66.9 Å². The Morgan fingerprint density at radius 2 is 1.76 bits per heavy atom. The molecule has 146 valence electrons. The van der Waals surface area contributed by atoms with Crippen molar-refractivity contribution < 1.29 is 13.9 Å². The van der Waals surface area contributed by atoms with Crippen molar-refractivity contribution in [2.45, 2.75) is 13.5 Å². The number of nitrogens with one attached hydrogen (secondary N) is 1. The summed E-state index contributed by atoms with van der Waals surface area (Å²) in [6.07, 6.45) is 1.73. The molecule has 0 saturated heterocycles. The number of nitrogens with zero attached hydrogens (tertiary/aromatic N) is 2. The molecule has 0 atom stereocenters. The number of carbonyl (C=O) groups is 1. The number of imidazole rings is 1. The van der Waals surface area contributed by atoms with E-state index in [1.807, 2.05) is 12.1 Å². The summed E-state index contributed by atoms with van der Waals surface area (Å²) in [5, 5.41) is 3.48. The third kappa shape index (κ3) is 4.22. The average Bonchev–Trinajstić information content (AvgIpc) is 3.03. The summed E-state index contributed by atoms with van der Waals surface area (Å²) < 4.78 is 20.3. The number of aromatic nitrogens is 2. The lowest BCUT2D eigenvalue weighted by molar-refractivity contribution is 0.0944. The molecule has 29 heavy (non-hydrogen) atoms. The van der Waals surface area contributed by atoms with E-state index < -0.39 is 0 Å². The Labute approximate surface area is 171 Å². The van der Waals surface area contributed by atoms with Crippen LogP contribution in [0.4, 0.5) is 4.39 Å². The summed E-state index contributed by atoms with van der Waals surface area (Å²) >= 11 is 5.99. The highest BCUT2D eigenvalue weighted by atomic mass is 35.5. The number of pyridine rings is 1. The first-order valence-corrected chi connectivity index (χ1v) is 9.32. The smallest absolute Gasteiger partial charge is 0.270 e. The Balaban J connectivity index is 1.42. The summed E-state index contributed by atoms with van der Waals surface area (Å²) in [5.74, 6) is 0.647. The minimum Gasteiger partial charge on any atom is -0.457 e. The van der Waals surface area contributed by atoms with E-state index >= 15 is 0 Å². The highest BCUT2D eigenvalue weighted by molar-refractivity contribution is 6.30. The Bertz CT molecular complexity index is 1170. The van der Waals surface area contributed by atoms with E-state index in [1.165, 1.54) is 12.1 Å². The van der Waals surface area contributed by atoms with Crippen molar-refractivity contribution >= 4 is 23.2 Å². The number of halogens is 2. The SMILES string of the molecule is Cc1nc2cc(Cl)ccn2c1C(=O)NCc1ccc(Oc2ccc(F)cc2)cc1. The van der Waals surface area contributed by atoms with Gasteiger partial charge in [-0.15, -0.1) is 0 Å². The first kappa shape index (κ1) is 19.0. The van der Waals surface area contributed by atoms with Crippen LogP contribution in [0.1, 0.15) is 21.7 Å². The Morgan fingerprint density at radius 3 is 2.45 bits per heavy atom. The van der Waals surface area contributed by atoms with Gasteiger partial charge in [-0.3, -0.25) is 9.20 Å². The molecule has 7 heteroatoms. The molecule has 2 heterocycles. The monoisotopic (exact) mass is 409 g/mol. The molecule has 0 saturated carbocycles. The lowest BCUT2D eigenvalue weighted by atomic mass is 10.2. The van der Waals surface area contributed by atoms with E-state index in [-0.39, 0.29) is 11.7 Å². The summed E-state index contributed by atoms with van der Waals surface area (Å²) in [6, 6.07) is 16.6. The minimum atomic E-state index is -0.312. The number of amides is 1. The fraction of sp³-hybridized carbons (Fsp3) is 0.0909. The van der Waals surface area contributed by atoms with Crippen molar-refractivity contribution in [3.05, 3.63) is 94.7 Å². The number of ether oxygens (including phenoxy) is 1. The van der Waals surface area contributed by atoms with Gasteiger partial charge in [0.05, 0.1) is 5.69 Å². The van der Waals surface area contributed by atoms with Crippen LogP contribution in [0.3, 0.4) is 0 Å². The van der Waals surface area contributed by atoms with Crippen LogP contribution in [-0.4, -0.2) is 15.3 Å². The number of hydrogen-bond donors (Lipinski definition) is 1. The van der Waals surface area contributed by atoms with Crippen molar-refractivity contribution in [1.82, 2.24) is 14.7 Å². The van der Waals surface area contributed by atoms with Crippen molar-refractivity contribution in [2.24, 2.45) is 0 Å². The van der Waals surface area contributed by atoms with E-state index in [4.69, 9.17) is 16.3 Å². The van der Waals surface area contributed by atoms with E-state index in [2.05, 4.69) is 10.3 Å². The largest absolute Gasteiger partial charge is 0.457 e. The summed E-state index contributed by atoms with van der Waals surface area (Å²) in [7, 11) is 0. The molecule has 0 aliphatic rings. The second-order valence-electron chi connectivity index (χ2n) is 6.50. The zero-order valence-electron chi connectivity index (χ0n) is 15.5. The maximum atomic E-state index is 13.0. The van der Waals surface area contributed by atoms with Gasteiger partial charge in [0.2, 0.25) is 0 Å². The predicted molar refractivity (Wildman–Crippen MR) is 109 cm³/mol. The van der Waals surface area contributed by atoms with Gasteiger partial charge in [-0.2, -0.15) is 0 Å². The van der Waals surface area contributed by atoms with Crippen LogP contribution < -0.4 is 10.1 Å². The van der Waals surface area contributed by atoms with Gasteiger partial charge in [0, 0.05) is 23.8 Å². The van der Waals surface area contributed by atoms with E-state index in [0.29, 0.717) is 40.1 Å². The van der Waals surface area contributed by atoms with Gasteiger partial charge in [-0.25, -0.2) is 9.37 Å². The van der Waals surface area contributed by atoms with Crippen LogP contribution in [0.25, 0.3) is 5.65 Å². The first-order chi connectivity index (χ1) is 14.0. The topological polar surface area (TPSA) is 55.6 Å². The van der Waals surface area contributed by atoms with Gasteiger partial charge in [0.15, 0.2) is 0 Å². The quantitative estimate of drug-likeness (QED) is 0.495. The first-order valence-electron chi connectivity index (χ1n) is 8.94. The number of carbonyl (C=O) groups excluding carboxylic acids is 1. The molecule has 2 aromatic carbocycles. The molecule has 0 aliphatic heterocycles. The van der Waals surface area contributed by atoms with Crippen molar-refractivity contribution in [1.29, 1.82) is 0 Å². The molecule has 0 spiro atoms. The average molecular weight is 410 g/mol. The summed E-state index contributed by atoms with van der Waals surface area (Å²) in [5.41, 5.74) is 2.66. The zero-order valence-corrected chi connectivity index (χ0v) is 16.3. The van der Waals surface area contributed by atoms with E-state index in [9.17, 15) is 9.18 Å². The van der Waals surface area contributed by atoms with E-state index in [0.717, 1.165) is 5.56 Å². The molecule has 4 rings (SSSR count). The highest BCUT2D eigenvalue weighted by Gasteiger charge is 2.16. The molecule has 0 radical (unpaired) electrons. The molecular weight excluding hydrogens is 393 g/mol. The van der Waals surface area contributed by atoms with Crippen LogP contribution in [-0.2, 0) is 6.54 Å². The van der Waals surface area contributed by atoms with Gasteiger partial charge in [-0.05, 0) is 55.0 Å². The Kier molecular flexibility index (Phi) is 5.18. The van der Waals surface area contributed by atoms with Crippen LogP contribution in [0.5, 0.6) is 11.5 Å². The third-order valence-corrected chi connectivity index (χ3v) is 4.64. The normalized spacial score (nSPS) is 10.9. The van der Waals surface area contributed by atoms with E-state index in [1.54, 1.807) is 53.9 Å². The number of aryl methyl sites for hydroxylation is 1. The molecule has 0 fully saturated rings. The van der Waals surface area contributed by atoms with Crippen molar-refractivity contribution in [2.75, 3.05) is 0 Å². The number of hydrogen-bond acceptors (Lipinski definition) is 3. The highest BCUT2D eigenvalue weighted by Crippen LogP contribution is 2.22. The zero-order chi connectivity index (χ0) is 20.4. The molecule has 0 bridgehead atoms. The second-order valence-corrected chi connectivity index (χ2v) is 6.94. The second kappa shape index (κ2) is 7.93. The maximum Gasteiger partial charge on any atom is 0.270 e. The molecule has 0 aliphatic carbocycles. The molecular formula is C22H17ClFN3O2. The van der Waals surface area contributed by atoms with Gasteiger partial charge in [0.1, 0.15) is 28.7 Å². The van der Waals surface area contributed by atoms with Crippen LogP contribution >= 0.6 is 11.6 Å². The molecule has 2 aromatic heterocycles. The van der Waals surface area contributed by atoms with Crippen LogP contribution in [0.2, 0.25) is 5.02 Å². The third-order valence-electron chi connectivity index (χ3n) is 4.40. The lowest BCUT2D eigenvalue weighted by Gasteiger charge is -2.08. The number of benzene rings is 2. The summed E-state index contributed by atoms with van der Waals surface area (Å²) in [4.78, 5) is 17.1. The molecule has 1 amide bonds. The number of rotatable bonds is 5.